The van der Waals surface area contributed by atoms with Gasteiger partial charge in [0.05, 0.1) is 31.0 Å². The number of fused-ring (bicyclic) bond motifs is 1. The fourth-order valence-electron chi connectivity index (χ4n) is 5.17. The van der Waals surface area contributed by atoms with E-state index in [1.165, 1.54) is 0 Å². The molecule has 186 valence electrons. The summed E-state index contributed by atoms with van der Waals surface area (Å²) in [4.78, 5) is 13.9. The van der Waals surface area contributed by atoms with Crippen molar-refractivity contribution in [1.29, 1.82) is 0 Å². The van der Waals surface area contributed by atoms with Crippen LogP contribution < -0.4 is 9.47 Å². The Morgan fingerprint density at radius 3 is 2.56 bits per heavy atom. The molecule has 0 bridgehead atoms. The Morgan fingerprint density at radius 1 is 1.11 bits per heavy atom. The van der Waals surface area contributed by atoms with Gasteiger partial charge in [0.15, 0.2) is 5.69 Å². The van der Waals surface area contributed by atoms with Gasteiger partial charge in [-0.3, -0.25) is 9.48 Å². The van der Waals surface area contributed by atoms with Gasteiger partial charge in [0, 0.05) is 29.8 Å². The minimum Gasteiger partial charge on any atom is -0.496 e. The number of para-hydroxylation sites is 2. The zero-order valence-electron chi connectivity index (χ0n) is 20.6. The van der Waals surface area contributed by atoms with Crippen LogP contribution in [-0.2, 0) is 6.54 Å². The molecule has 0 N–H and O–H groups in total. The molecule has 1 fully saturated rings. The lowest BCUT2D eigenvalue weighted by Gasteiger charge is -2.30. The predicted molar refractivity (Wildman–Crippen MR) is 141 cm³/mol. The normalized spacial score (nSPS) is 20.3. The van der Waals surface area contributed by atoms with E-state index in [1.807, 2.05) is 55.5 Å². The second-order valence-electron chi connectivity index (χ2n) is 8.91. The summed E-state index contributed by atoms with van der Waals surface area (Å²) < 4.78 is 12.9. The van der Waals surface area contributed by atoms with E-state index in [1.54, 1.807) is 30.1 Å². The summed E-state index contributed by atoms with van der Waals surface area (Å²) in [6, 6.07) is 15.4. The van der Waals surface area contributed by atoms with Crippen LogP contribution in [0.5, 0.6) is 11.5 Å². The number of methoxy groups -OCH3 is 2. The van der Waals surface area contributed by atoms with Gasteiger partial charge < -0.3 is 9.47 Å². The van der Waals surface area contributed by atoms with Gasteiger partial charge in [0.2, 0.25) is 0 Å². The Bertz CT molecular complexity index is 1350. The number of carbonyl (C=O) groups is 1. The van der Waals surface area contributed by atoms with E-state index in [-0.39, 0.29) is 23.6 Å². The largest absolute Gasteiger partial charge is 0.496 e. The topological polar surface area (TPSA) is 69.0 Å². The first-order valence-corrected chi connectivity index (χ1v) is 12.5. The highest BCUT2D eigenvalue weighted by atomic mass is 35.5. The van der Waals surface area contributed by atoms with Crippen molar-refractivity contribution >= 4 is 29.3 Å². The van der Waals surface area contributed by atoms with Crippen LogP contribution in [0, 0.1) is 5.92 Å². The third-order valence-electron chi connectivity index (χ3n) is 6.88. The Morgan fingerprint density at radius 2 is 1.83 bits per heavy atom. The quantitative estimate of drug-likeness (QED) is 0.412. The van der Waals surface area contributed by atoms with Crippen LogP contribution in [-0.4, -0.2) is 40.6 Å². The van der Waals surface area contributed by atoms with E-state index in [4.69, 9.17) is 26.2 Å². The van der Waals surface area contributed by atoms with Crippen LogP contribution in [0.3, 0.4) is 0 Å². The molecule has 2 unspecified atom stereocenters. The number of benzene rings is 2. The molecule has 1 amide bonds. The van der Waals surface area contributed by atoms with Crippen molar-refractivity contribution in [2.75, 3.05) is 14.2 Å². The molecule has 7 nitrogen and oxygen atoms in total. The molecular weight excluding hydrogens is 476 g/mol. The number of aryl methyl sites for hydroxylation is 1. The molecule has 2 heterocycles. The Kier molecular flexibility index (Phi) is 6.83. The summed E-state index contributed by atoms with van der Waals surface area (Å²) in [6.07, 6.45) is 6.58. The molecule has 8 heteroatoms. The molecule has 0 spiro atoms. The third kappa shape index (κ3) is 4.28. The second-order valence-corrected chi connectivity index (χ2v) is 9.32. The van der Waals surface area contributed by atoms with Gasteiger partial charge in [-0.1, -0.05) is 48.0 Å². The van der Waals surface area contributed by atoms with E-state index in [0.717, 1.165) is 53.2 Å². The summed E-state index contributed by atoms with van der Waals surface area (Å²) in [5, 5.41) is 11.3. The first-order chi connectivity index (χ1) is 17.5. The summed E-state index contributed by atoms with van der Waals surface area (Å²) in [7, 11) is 3.32. The Balaban J connectivity index is 1.63. The van der Waals surface area contributed by atoms with Crippen molar-refractivity contribution in [2.24, 2.45) is 11.0 Å². The number of rotatable bonds is 6. The predicted octanol–water partition coefficient (Wildman–Crippen LogP) is 6.01. The number of halogens is 1. The van der Waals surface area contributed by atoms with Crippen LogP contribution >= 0.6 is 11.6 Å². The number of hydrazone groups is 1. The SMILES string of the molecule is CCn1cc(Cl)c(C(=O)N2N=C3/C(=C/c4ccccc4OC)CCCC3C2c2ccccc2OC)n1. The van der Waals surface area contributed by atoms with Gasteiger partial charge in [0.25, 0.3) is 5.91 Å². The number of hydrogen-bond donors (Lipinski definition) is 0. The molecule has 1 aliphatic heterocycles. The van der Waals surface area contributed by atoms with Gasteiger partial charge in [0.1, 0.15) is 11.5 Å². The molecule has 5 rings (SSSR count). The molecular formula is C28H29ClN4O3. The highest BCUT2D eigenvalue weighted by Crippen LogP contribution is 2.47. The first-order valence-electron chi connectivity index (χ1n) is 12.2. The van der Waals surface area contributed by atoms with Crippen molar-refractivity contribution < 1.29 is 14.3 Å². The molecule has 2 aliphatic rings. The van der Waals surface area contributed by atoms with E-state index in [0.29, 0.717) is 11.6 Å². The monoisotopic (exact) mass is 504 g/mol. The molecule has 0 radical (unpaired) electrons. The fraction of sp³-hybridized carbons (Fsp3) is 0.321. The lowest BCUT2D eigenvalue weighted by Crippen LogP contribution is -2.32. The van der Waals surface area contributed by atoms with E-state index in [9.17, 15) is 4.79 Å². The van der Waals surface area contributed by atoms with Crippen molar-refractivity contribution in [3.8, 4) is 11.5 Å². The first kappa shape index (κ1) is 24.1. The van der Waals surface area contributed by atoms with Gasteiger partial charge in [-0.25, -0.2) is 5.01 Å². The standard InChI is InChI=1S/C28H29ClN4O3/c1-4-32-17-22(29)26(30-32)28(34)33-27(20-12-6-8-15-24(20)36-3)21-13-9-11-19(25(21)31-33)16-18-10-5-7-14-23(18)35-2/h5-8,10,12,14-17,21,27H,4,9,11,13H2,1-3H3/b19-16+. The average Bonchev–Trinajstić information content (AvgIpc) is 3.49. The summed E-state index contributed by atoms with van der Waals surface area (Å²) in [6.45, 7) is 2.57. The van der Waals surface area contributed by atoms with Crippen molar-refractivity contribution in [2.45, 2.75) is 38.8 Å². The minimum absolute atomic E-state index is 0.0204. The fourth-order valence-corrected chi connectivity index (χ4v) is 5.40. The van der Waals surface area contributed by atoms with Gasteiger partial charge >= 0.3 is 0 Å². The highest BCUT2D eigenvalue weighted by Gasteiger charge is 2.45. The Hall–Kier alpha value is -3.58. The Labute approximate surface area is 216 Å². The van der Waals surface area contributed by atoms with Gasteiger partial charge in [-0.05, 0) is 50.0 Å². The lowest BCUT2D eigenvalue weighted by atomic mass is 9.77. The van der Waals surface area contributed by atoms with Crippen molar-refractivity contribution in [1.82, 2.24) is 14.8 Å². The maximum atomic E-state index is 13.9. The number of carbonyl (C=O) groups excluding carboxylic acids is 1. The maximum Gasteiger partial charge on any atom is 0.296 e. The number of nitrogens with zero attached hydrogens (tertiary/aromatic N) is 4. The van der Waals surface area contributed by atoms with E-state index < -0.39 is 0 Å². The average molecular weight is 505 g/mol. The maximum absolute atomic E-state index is 13.9. The van der Waals surface area contributed by atoms with Crippen LogP contribution in [0.2, 0.25) is 5.02 Å². The summed E-state index contributed by atoms with van der Waals surface area (Å²) in [5.41, 5.74) is 4.14. The van der Waals surface area contributed by atoms with Gasteiger partial charge in [-0.15, -0.1) is 0 Å². The summed E-state index contributed by atoms with van der Waals surface area (Å²) >= 11 is 6.44. The van der Waals surface area contributed by atoms with Crippen LogP contribution in [0.25, 0.3) is 6.08 Å². The molecule has 36 heavy (non-hydrogen) atoms. The molecule has 1 aromatic heterocycles. The third-order valence-corrected chi connectivity index (χ3v) is 7.16. The number of aromatic nitrogens is 2. The molecule has 0 saturated heterocycles. The number of amides is 1. The van der Waals surface area contributed by atoms with Gasteiger partial charge in [-0.2, -0.15) is 10.2 Å². The zero-order chi connectivity index (χ0) is 25.2. The van der Waals surface area contributed by atoms with E-state index in [2.05, 4.69) is 11.2 Å². The smallest absolute Gasteiger partial charge is 0.296 e. The number of allylic oxidation sites excluding steroid dienone is 1. The zero-order valence-corrected chi connectivity index (χ0v) is 21.4. The second kappa shape index (κ2) is 10.2. The highest BCUT2D eigenvalue weighted by molar-refractivity contribution is 6.33. The lowest BCUT2D eigenvalue weighted by molar-refractivity contribution is 0.0671. The molecule has 1 saturated carbocycles. The molecule has 2 aromatic carbocycles. The number of ether oxygens (including phenoxy) is 2. The van der Waals surface area contributed by atoms with Crippen LogP contribution in [0.4, 0.5) is 0 Å². The molecule has 1 aliphatic carbocycles. The number of hydrogen-bond acceptors (Lipinski definition) is 5. The van der Waals surface area contributed by atoms with Crippen LogP contribution in [0.1, 0.15) is 53.8 Å². The molecule has 2 atom stereocenters. The molecule has 3 aromatic rings. The van der Waals surface area contributed by atoms with Crippen molar-refractivity contribution in [3.63, 3.8) is 0 Å². The van der Waals surface area contributed by atoms with Crippen LogP contribution in [0.15, 0.2) is 65.4 Å². The van der Waals surface area contributed by atoms with Crippen molar-refractivity contribution in [3.05, 3.63) is 82.1 Å². The minimum atomic E-state index is -0.326. The van der Waals surface area contributed by atoms with E-state index >= 15 is 0 Å². The summed E-state index contributed by atoms with van der Waals surface area (Å²) in [5.74, 6) is 1.23.